The number of aliphatic imine (C=N–C) groups is 1. The number of piperazine rings is 1. The van der Waals surface area contributed by atoms with E-state index in [0.29, 0.717) is 22.8 Å². The molecule has 2 aliphatic heterocycles. The number of ether oxygens (including phenoxy) is 3. The molecule has 166 valence electrons. The van der Waals surface area contributed by atoms with Crippen molar-refractivity contribution in [2.75, 3.05) is 47.4 Å². The largest absolute Gasteiger partial charge is 0.508 e. The summed E-state index contributed by atoms with van der Waals surface area (Å²) in [5.41, 5.74) is 1.99. The summed E-state index contributed by atoms with van der Waals surface area (Å²) in [5, 5.41) is 20.1. The van der Waals surface area contributed by atoms with Crippen LogP contribution in [-0.2, 0) is 0 Å². The van der Waals surface area contributed by atoms with Crippen molar-refractivity contribution in [2.24, 2.45) is 4.99 Å². The highest BCUT2D eigenvalue weighted by atomic mass is 16.5. The average Bonchev–Trinajstić information content (AvgIpc) is 2.82. The molecule has 8 heteroatoms. The fourth-order valence-corrected chi connectivity index (χ4v) is 3.95. The first-order chi connectivity index (χ1) is 15.5. The molecule has 32 heavy (non-hydrogen) atoms. The summed E-state index contributed by atoms with van der Waals surface area (Å²) < 4.78 is 16.8. The summed E-state index contributed by atoms with van der Waals surface area (Å²) in [6, 6.07) is 12.8. The zero-order valence-electron chi connectivity index (χ0n) is 18.4. The Morgan fingerprint density at radius 3 is 2.53 bits per heavy atom. The Bertz CT molecular complexity index is 1100. The van der Waals surface area contributed by atoms with Crippen LogP contribution in [0.25, 0.3) is 0 Å². The summed E-state index contributed by atoms with van der Waals surface area (Å²) in [7, 11) is 5.24. The number of phenolic OH excluding ortho intramolecular Hbond substituents is 1. The summed E-state index contributed by atoms with van der Waals surface area (Å²) in [5.74, 6) is 1.52. The van der Waals surface area contributed by atoms with Gasteiger partial charge >= 0.3 is 0 Å². The van der Waals surface area contributed by atoms with E-state index >= 15 is 0 Å². The molecule has 1 N–H and O–H groups in total. The fourth-order valence-electron chi connectivity index (χ4n) is 3.95. The highest BCUT2D eigenvalue weighted by Gasteiger charge is 2.32. The highest BCUT2D eigenvalue weighted by molar-refractivity contribution is 5.62. The number of aromatic hydroxyl groups is 1. The van der Waals surface area contributed by atoms with Crippen molar-refractivity contribution in [2.45, 2.75) is 5.92 Å². The highest BCUT2D eigenvalue weighted by Crippen LogP contribution is 2.45. The first kappa shape index (κ1) is 21.5. The molecule has 0 saturated carbocycles. The molecule has 2 aliphatic rings. The second-order valence-corrected chi connectivity index (χ2v) is 7.79. The molecule has 1 fully saturated rings. The number of methoxy groups -OCH3 is 2. The lowest BCUT2D eigenvalue weighted by Gasteiger charge is -2.31. The minimum Gasteiger partial charge on any atom is -0.508 e. The lowest BCUT2D eigenvalue weighted by Crippen LogP contribution is -2.43. The van der Waals surface area contributed by atoms with Gasteiger partial charge in [0.15, 0.2) is 11.5 Å². The number of nitriles is 1. The van der Waals surface area contributed by atoms with E-state index in [1.54, 1.807) is 38.8 Å². The third-order valence-corrected chi connectivity index (χ3v) is 5.77. The Kier molecular flexibility index (Phi) is 6.19. The van der Waals surface area contributed by atoms with Crippen LogP contribution in [0.3, 0.4) is 0 Å². The van der Waals surface area contributed by atoms with Crippen LogP contribution in [0, 0.1) is 11.3 Å². The SMILES string of the molecule is COc1ccc([C@@H]2C(C#N)=C(N=CN3CCN(C)CC3)Oc3cc(O)ccc32)cc1OC. The van der Waals surface area contributed by atoms with Crippen LogP contribution in [0.15, 0.2) is 52.8 Å². The molecule has 0 bridgehead atoms. The van der Waals surface area contributed by atoms with Crippen molar-refractivity contribution in [3.63, 3.8) is 0 Å². The Morgan fingerprint density at radius 1 is 1.09 bits per heavy atom. The van der Waals surface area contributed by atoms with E-state index in [1.165, 1.54) is 0 Å². The predicted octanol–water partition coefficient (Wildman–Crippen LogP) is 2.94. The molecular weight excluding hydrogens is 408 g/mol. The van der Waals surface area contributed by atoms with Crippen molar-refractivity contribution in [3.8, 4) is 29.1 Å². The Labute approximate surface area is 187 Å². The van der Waals surface area contributed by atoms with E-state index in [4.69, 9.17) is 14.2 Å². The normalized spacial score (nSPS) is 18.8. The van der Waals surface area contributed by atoms with Gasteiger partial charge < -0.3 is 29.1 Å². The number of hydrogen-bond donors (Lipinski definition) is 1. The van der Waals surface area contributed by atoms with Crippen molar-refractivity contribution < 1.29 is 19.3 Å². The van der Waals surface area contributed by atoms with Gasteiger partial charge in [-0.3, -0.25) is 0 Å². The van der Waals surface area contributed by atoms with Gasteiger partial charge in [-0.05, 0) is 30.8 Å². The molecular formula is C24H26N4O4. The number of phenols is 1. The van der Waals surface area contributed by atoms with Crippen LogP contribution in [0.4, 0.5) is 0 Å². The lowest BCUT2D eigenvalue weighted by molar-refractivity contribution is 0.219. The topological polar surface area (TPSA) is 90.6 Å². The van der Waals surface area contributed by atoms with E-state index in [1.807, 2.05) is 18.2 Å². The smallest absolute Gasteiger partial charge is 0.235 e. The van der Waals surface area contributed by atoms with Gasteiger partial charge in [0.2, 0.25) is 5.88 Å². The molecule has 8 nitrogen and oxygen atoms in total. The lowest BCUT2D eigenvalue weighted by atomic mass is 9.83. The molecule has 0 amide bonds. The third kappa shape index (κ3) is 4.20. The zero-order chi connectivity index (χ0) is 22.7. The van der Waals surface area contributed by atoms with Gasteiger partial charge in [0.05, 0.1) is 26.5 Å². The maximum Gasteiger partial charge on any atom is 0.235 e. The number of fused-ring (bicyclic) bond motifs is 1. The number of allylic oxidation sites excluding steroid dienone is 1. The van der Waals surface area contributed by atoms with Gasteiger partial charge in [-0.2, -0.15) is 5.26 Å². The van der Waals surface area contributed by atoms with Gasteiger partial charge in [0.25, 0.3) is 0 Å². The van der Waals surface area contributed by atoms with Crippen molar-refractivity contribution >= 4 is 6.34 Å². The quantitative estimate of drug-likeness (QED) is 0.572. The van der Waals surface area contributed by atoms with Crippen LogP contribution >= 0.6 is 0 Å². The van der Waals surface area contributed by atoms with E-state index in [9.17, 15) is 10.4 Å². The van der Waals surface area contributed by atoms with E-state index < -0.39 is 5.92 Å². The third-order valence-electron chi connectivity index (χ3n) is 5.77. The van der Waals surface area contributed by atoms with Crippen molar-refractivity contribution in [3.05, 3.63) is 59.0 Å². The predicted molar refractivity (Wildman–Crippen MR) is 120 cm³/mol. The molecule has 0 radical (unpaired) electrons. The molecule has 2 aromatic carbocycles. The van der Waals surface area contributed by atoms with Crippen LogP contribution < -0.4 is 14.2 Å². The first-order valence-electron chi connectivity index (χ1n) is 10.4. The standard InChI is InChI=1S/C24H26N4O4/c1-27-8-10-28(11-9-27)15-26-24-19(14-25)23(18-6-5-17(29)13-21(18)32-24)16-4-7-20(30-2)22(12-16)31-3/h4-7,12-13,15,23,29H,8-11H2,1-3H3/t23-/m0/s1. The van der Waals surface area contributed by atoms with Gasteiger partial charge in [-0.25, -0.2) is 4.99 Å². The molecule has 0 aliphatic carbocycles. The van der Waals surface area contributed by atoms with Gasteiger partial charge in [0.1, 0.15) is 23.1 Å². The minimum atomic E-state index is -0.427. The summed E-state index contributed by atoms with van der Waals surface area (Å²) >= 11 is 0. The Hall–Kier alpha value is -3.70. The second kappa shape index (κ2) is 9.20. The second-order valence-electron chi connectivity index (χ2n) is 7.79. The van der Waals surface area contributed by atoms with Crippen LogP contribution in [0.5, 0.6) is 23.0 Å². The number of likely N-dealkylation sites (N-methyl/N-ethyl adjacent to an activating group) is 1. The van der Waals surface area contributed by atoms with Crippen LogP contribution in [-0.4, -0.2) is 68.7 Å². The number of rotatable bonds is 5. The summed E-state index contributed by atoms with van der Waals surface area (Å²) in [6.07, 6.45) is 1.74. The zero-order valence-corrected chi connectivity index (χ0v) is 18.4. The molecule has 2 heterocycles. The number of hydrogen-bond acceptors (Lipinski definition) is 7. The average molecular weight is 434 g/mol. The molecule has 1 saturated heterocycles. The van der Waals surface area contributed by atoms with Crippen LogP contribution in [0.1, 0.15) is 17.0 Å². The van der Waals surface area contributed by atoms with E-state index in [-0.39, 0.29) is 11.6 Å². The molecule has 0 spiro atoms. The van der Waals surface area contributed by atoms with Crippen molar-refractivity contribution in [1.29, 1.82) is 5.26 Å². The molecule has 4 rings (SSSR count). The van der Waals surface area contributed by atoms with E-state index in [0.717, 1.165) is 37.3 Å². The van der Waals surface area contributed by atoms with Gasteiger partial charge in [-0.1, -0.05) is 12.1 Å². The minimum absolute atomic E-state index is 0.0811. The summed E-state index contributed by atoms with van der Waals surface area (Å²) in [6.45, 7) is 3.60. The maximum atomic E-state index is 10.1. The summed E-state index contributed by atoms with van der Waals surface area (Å²) in [4.78, 5) is 8.91. The molecule has 0 unspecified atom stereocenters. The first-order valence-corrected chi connectivity index (χ1v) is 10.4. The number of nitrogens with zero attached hydrogens (tertiary/aromatic N) is 4. The molecule has 0 aromatic heterocycles. The monoisotopic (exact) mass is 434 g/mol. The van der Waals surface area contributed by atoms with Gasteiger partial charge in [0, 0.05) is 37.8 Å². The van der Waals surface area contributed by atoms with Crippen molar-refractivity contribution in [1.82, 2.24) is 9.80 Å². The molecule has 1 atom stereocenters. The fraction of sp³-hybridized carbons (Fsp3) is 0.333. The Morgan fingerprint density at radius 2 is 1.84 bits per heavy atom. The van der Waals surface area contributed by atoms with Crippen LogP contribution in [0.2, 0.25) is 0 Å². The Balaban J connectivity index is 1.78. The van der Waals surface area contributed by atoms with E-state index in [2.05, 4.69) is 27.9 Å². The van der Waals surface area contributed by atoms with Gasteiger partial charge in [-0.15, -0.1) is 0 Å². The number of benzene rings is 2. The maximum absolute atomic E-state index is 10.1. The molecule has 2 aromatic rings.